The first-order chi connectivity index (χ1) is 9.66. The first-order valence-electron chi connectivity index (χ1n) is 6.16. The molecule has 102 valence electrons. The maximum atomic E-state index is 12.5. The lowest BCUT2D eigenvalue weighted by atomic mass is 10.1. The monoisotopic (exact) mass is 271 g/mol. The number of carbonyl (C=O) groups is 2. The van der Waals surface area contributed by atoms with Crippen molar-refractivity contribution in [3.8, 4) is 0 Å². The average Bonchev–Trinajstić information content (AvgIpc) is 2.95. The molecule has 0 aliphatic carbocycles. The second-order valence-corrected chi connectivity index (χ2v) is 4.45. The summed E-state index contributed by atoms with van der Waals surface area (Å²) < 4.78 is 5.34. The molecule has 0 saturated heterocycles. The SMILES string of the molecule is CC(=O)NN1C(=O)c2ccccc2N[C@@H]1c1ccco1. The Labute approximate surface area is 115 Å². The lowest BCUT2D eigenvalue weighted by Crippen LogP contribution is -2.52. The van der Waals surface area contributed by atoms with E-state index < -0.39 is 6.17 Å². The molecule has 20 heavy (non-hydrogen) atoms. The molecule has 1 atom stereocenters. The quantitative estimate of drug-likeness (QED) is 0.874. The average molecular weight is 271 g/mol. The third kappa shape index (κ3) is 2.01. The number of hydrazine groups is 1. The molecule has 2 amide bonds. The fourth-order valence-electron chi connectivity index (χ4n) is 2.18. The van der Waals surface area contributed by atoms with Crippen LogP contribution >= 0.6 is 0 Å². The number of anilines is 1. The van der Waals surface area contributed by atoms with Gasteiger partial charge in [0.05, 0.1) is 11.8 Å². The van der Waals surface area contributed by atoms with Crippen molar-refractivity contribution in [2.45, 2.75) is 13.1 Å². The summed E-state index contributed by atoms with van der Waals surface area (Å²) in [5.41, 5.74) is 3.75. The second kappa shape index (κ2) is 4.73. The summed E-state index contributed by atoms with van der Waals surface area (Å²) in [7, 11) is 0. The van der Waals surface area contributed by atoms with Crippen molar-refractivity contribution in [3.05, 3.63) is 54.0 Å². The molecule has 0 bridgehead atoms. The first kappa shape index (κ1) is 12.3. The normalized spacial score (nSPS) is 17.4. The molecule has 2 N–H and O–H groups in total. The summed E-state index contributed by atoms with van der Waals surface area (Å²) in [6, 6.07) is 10.6. The van der Waals surface area contributed by atoms with Gasteiger partial charge >= 0.3 is 0 Å². The van der Waals surface area contributed by atoms with Gasteiger partial charge in [0.1, 0.15) is 5.76 Å². The molecular weight excluding hydrogens is 258 g/mol. The molecule has 2 aromatic rings. The fraction of sp³-hybridized carbons (Fsp3) is 0.143. The van der Waals surface area contributed by atoms with Gasteiger partial charge in [-0.05, 0) is 24.3 Å². The highest BCUT2D eigenvalue weighted by Crippen LogP contribution is 2.31. The molecule has 3 rings (SSSR count). The lowest BCUT2D eigenvalue weighted by Gasteiger charge is -2.36. The van der Waals surface area contributed by atoms with Gasteiger partial charge in [0.25, 0.3) is 5.91 Å². The number of carbonyl (C=O) groups excluding carboxylic acids is 2. The summed E-state index contributed by atoms with van der Waals surface area (Å²) in [6.07, 6.45) is 0.949. The van der Waals surface area contributed by atoms with Crippen LogP contribution in [0.1, 0.15) is 29.2 Å². The van der Waals surface area contributed by atoms with Gasteiger partial charge in [-0.1, -0.05) is 12.1 Å². The topological polar surface area (TPSA) is 74.6 Å². The molecule has 0 spiro atoms. The van der Waals surface area contributed by atoms with Gasteiger partial charge in [-0.15, -0.1) is 0 Å². The Balaban J connectivity index is 2.04. The number of hydrogen-bond acceptors (Lipinski definition) is 4. The van der Waals surface area contributed by atoms with E-state index in [4.69, 9.17) is 4.42 Å². The van der Waals surface area contributed by atoms with Crippen LogP contribution in [0.25, 0.3) is 0 Å². The van der Waals surface area contributed by atoms with Crippen molar-refractivity contribution in [1.82, 2.24) is 10.4 Å². The number of para-hydroxylation sites is 1. The molecule has 6 heteroatoms. The molecule has 0 unspecified atom stereocenters. The van der Waals surface area contributed by atoms with E-state index in [2.05, 4.69) is 10.7 Å². The zero-order valence-electron chi connectivity index (χ0n) is 10.8. The van der Waals surface area contributed by atoms with Crippen molar-refractivity contribution in [3.63, 3.8) is 0 Å². The smallest absolute Gasteiger partial charge is 0.276 e. The predicted molar refractivity (Wildman–Crippen MR) is 71.5 cm³/mol. The molecule has 1 aliphatic heterocycles. The first-order valence-corrected chi connectivity index (χ1v) is 6.16. The van der Waals surface area contributed by atoms with Crippen LogP contribution in [0.4, 0.5) is 5.69 Å². The van der Waals surface area contributed by atoms with Crippen LogP contribution < -0.4 is 10.7 Å². The molecular formula is C14H13N3O3. The van der Waals surface area contributed by atoms with Gasteiger partial charge in [0.15, 0.2) is 6.17 Å². The van der Waals surface area contributed by atoms with Crippen molar-refractivity contribution < 1.29 is 14.0 Å². The number of nitrogens with zero attached hydrogens (tertiary/aromatic N) is 1. The third-order valence-electron chi connectivity index (χ3n) is 3.02. The molecule has 6 nitrogen and oxygen atoms in total. The van der Waals surface area contributed by atoms with Gasteiger partial charge in [-0.3, -0.25) is 15.0 Å². The molecule has 0 fully saturated rings. The lowest BCUT2D eigenvalue weighted by molar-refractivity contribution is -0.123. The number of benzene rings is 1. The van der Waals surface area contributed by atoms with Gasteiger partial charge < -0.3 is 9.73 Å². The third-order valence-corrected chi connectivity index (χ3v) is 3.02. The Morgan fingerprint density at radius 3 is 2.80 bits per heavy atom. The zero-order valence-corrected chi connectivity index (χ0v) is 10.8. The molecule has 2 heterocycles. The number of amides is 2. The number of furan rings is 1. The highest BCUT2D eigenvalue weighted by Gasteiger charge is 2.35. The Morgan fingerprint density at radius 2 is 2.10 bits per heavy atom. The summed E-state index contributed by atoms with van der Waals surface area (Å²) in [5, 5.41) is 4.42. The Kier molecular flexibility index (Phi) is 2.90. The van der Waals surface area contributed by atoms with Gasteiger partial charge in [0, 0.05) is 12.6 Å². The summed E-state index contributed by atoms with van der Waals surface area (Å²) in [5.74, 6) is -0.0614. The van der Waals surface area contributed by atoms with E-state index in [-0.39, 0.29) is 11.8 Å². The number of hydrogen-bond donors (Lipinski definition) is 2. The van der Waals surface area contributed by atoms with Crippen LogP contribution in [-0.2, 0) is 4.79 Å². The number of rotatable bonds is 2. The van der Waals surface area contributed by atoms with Crippen molar-refractivity contribution in [2.75, 3.05) is 5.32 Å². The molecule has 1 aromatic heterocycles. The van der Waals surface area contributed by atoms with E-state index in [0.717, 1.165) is 0 Å². The van der Waals surface area contributed by atoms with E-state index in [1.54, 1.807) is 24.3 Å². The highest BCUT2D eigenvalue weighted by atomic mass is 16.3. The van der Waals surface area contributed by atoms with Crippen molar-refractivity contribution in [2.24, 2.45) is 0 Å². The maximum Gasteiger partial charge on any atom is 0.276 e. The van der Waals surface area contributed by atoms with Gasteiger partial charge in [0.2, 0.25) is 5.91 Å². The van der Waals surface area contributed by atoms with E-state index in [1.807, 2.05) is 12.1 Å². The minimum atomic E-state index is -0.573. The van der Waals surface area contributed by atoms with Gasteiger partial charge in [-0.2, -0.15) is 0 Å². The predicted octanol–water partition coefficient (Wildman–Crippen LogP) is 1.90. The minimum absolute atomic E-state index is 0.282. The van der Waals surface area contributed by atoms with E-state index in [0.29, 0.717) is 17.0 Å². The number of nitrogens with one attached hydrogen (secondary N) is 2. The largest absolute Gasteiger partial charge is 0.465 e. The minimum Gasteiger partial charge on any atom is -0.465 e. The van der Waals surface area contributed by atoms with Crippen LogP contribution in [0.15, 0.2) is 47.1 Å². The van der Waals surface area contributed by atoms with E-state index >= 15 is 0 Å². The molecule has 1 aliphatic rings. The Bertz CT molecular complexity index is 651. The maximum absolute atomic E-state index is 12.5. The Morgan fingerprint density at radius 1 is 1.30 bits per heavy atom. The molecule has 0 saturated carbocycles. The van der Waals surface area contributed by atoms with Crippen LogP contribution in [0.5, 0.6) is 0 Å². The standard InChI is InChI=1S/C14H13N3O3/c1-9(18)16-17-13(12-7-4-8-20-12)15-11-6-3-2-5-10(11)14(17)19/h2-8,13,15H,1H3,(H,16,18)/t13-/m0/s1. The van der Waals surface area contributed by atoms with Crippen LogP contribution in [-0.4, -0.2) is 16.8 Å². The van der Waals surface area contributed by atoms with E-state index in [9.17, 15) is 9.59 Å². The highest BCUT2D eigenvalue weighted by molar-refractivity contribution is 6.02. The van der Waals surface area contributed by atoms with Gasteiger partial charge in [-0.25, -0.2) is 5.01 Å². The summed E-state index contributed by atoms with van der Waals surface area (Å²) in [6.45, 7) is 1.35. The molecule has 0 radical (unpaired) electrons. The number of fused-ring (bicyclic) bond motifs is 1. The Hall–Kier alpha value is -2.76. The van der Waals surface area contributed by atoms with Crippen LogP contribution in [0.2, 0.25) is 0 Å². The second-order valence-electron chi connectivity index (χ2n) is 4.45. The van der Waals surface area contributed by atoms with Crippen molar-refractivity contribution in [1.29, 1.82) is 0 Å². The van der Waals surface area contributed by atoms with Crippen molar-refractivity contribution >= 4 is 17.5 Å². The fourth-order valence-corrected chi connectivity index (χ4v) is 2.18. The van der Waals surface area contributed by atoms with Crippen LogP contribution in [0.3, 0.4) is 0 Å². The molecule has 1 aromatic carbocycles. The van der Waals surface area contributed by atoms with Crippen LogP contribution in [0, 0.1) is 0 Å². The summed E-state index contributed by atoms with van der Waals surface area (Å²) >= 11 is 0. The zero-order chi connectivity index (χ0) is 14.1. The summed E-state index contributed by atoms with van der Waals surface area (Å²) in [4.78, 5) is 23.8. The van der Waals surface area contributed by atoms with E-state index in [1.165, 1.54) is 18.2 Å².